The minimum atomic E-state index is -0.179. The number of rotatable bonds is 0. The number of aromatic nitrogens is 3. The van der Waals surface area contributed by atoms with Gasteiger partial charge in [0.2, 0.25) is 5.78 Å². The zero-order chi connectivity index (χ0) is 7.84. The molecule has 0 aliphatic rings. The lowest BCUT2D eigenvalue weighted by atomic mass is 10.6. The Labute approximate surface area is 66.5 Å². The molecule has 11 heavy (non-hydrogen) atoms. The second-order valence-electron chi connectivity index (χ2n) is 2.08. The first-order valence-electron chi connectivity index (χ1n) is 2.99. The predicted molar refractivity (Wildman–Crippen MR) is 40.8 cm³/mol. The molecule has 0 aliphatic carbocycles. The highest BCUT2D eigenvalue weighted by Gasteiger charge is 1.97. The largest absolute Gasteiger partial charge is 0.316 e. The van der Waals surface area contributed by atoms with Gasteiger partial charge in [-0.05, 0) is 0 Å². The maximum Gasteiger partial charge on any atom is 0.260 e. The first kappa shape index (κ1) is 6.42. The van der Waals surface area contributed by atoms with Gasteiger partial charge in [0.25, 0.3) is 5.56 Å². The molecule has 0 fully saturated rings. The van der Waals surface area contributed by atoms with Crippen LogP contribution in [-0.4, -0.2) is 14.4 Å². The molecule has 4 nitrogen and oxygen atoms in total. The van der Waals surface area contributed by atoms with Gasteiger partial charge < -0.3 is 4.98 Å². The molecule has 0 unspecified atom stereocenters. The minimum Gasteiger partial charge on any atom is -0.316 e. The second kappa shape index (κ2) is 2.10. The van der Waals surface area contributed by atoms with Gasteiger partial charge >= 0.3 is 0 Å². The van der Waals surface area contributed by atoms with Crippen LogP contribution in [0.1, 0.15) is 0 Å². The molecule has 0 aromatic carbocycles. The molecule has 1 N–H and O–H groups in total. The molecule has 5 heteroatoms. The average Bonchev–Trinajstić information content (AvgIpc) is 2.34. The van der Waals surface area contributed by atoms with E-state index in [1.54, 1.807) is 6.20 Å². The summed E-state index contributed by atoms with van der Waals surface area (Å²) in [6.45, 7) is 0. The summed E-state index contributed by atoms with van der Waals surface area (Å²) in [7, 11) is 0. The van der Waals surface area contributed by atoms with E-state index in [0.717, 1.165) is 0 Å². The van der Waals surface area contributed by atoms with Crippen molar-refractivity contribution in [2.45, 2.75) is 0 Å². The number of aromatic amines is 1. The molecule has 0 radical (unpaired) electrons. The fraction of sp³-hybridized carbons (Fsp3) is 0. The van der Waals surface area contributed by atoms with E-state index in [2.05, 4.69) is 9.97 Å². The van der Waals surface area contributed by atoms with Gasteiger partial charge in [0.1, 0.15) is 5.15 Å². The number of nitrogens with zero attached hydrogens (tertiary/aromatic N) is 2. The van der Waals surface area contributed by atoms with Crippen molar-refractivity contribution in [2.75, 3.05) is 0 Å². The fourth-order valence-electron chi connectivity index (χ4n) is 0.895. The molecule has 2 aromatic rings. The Morgan fingerprint density at radius 1 is 1.64 bits per heavy atom. The van der Waals surface area contributed by atoms with Gasteiger partial charge in [0.15, 0.2) is 0 Å². The monoisotopic (exact) mass is 169 g/mol. The standard InChI is InChI=1S/C6H4ClN3O/c7-4-3-5(11)10-2-1-8-6(10)9-4/h1-3H,(H,8,9). The smallest absolute Gasteiger partial charge is 0.260 e. The number of imidazole rings is 1. The third-order valence-electron chi connectivity index (χ3n) is 1.36. The summed E-state index contributed by atoms with van der Waals surface area (Å²) in [5.41, 5.74) is -0.179. The zero-order valence-corrected chi connectivity index (χ0v) is 6.17. The summed E-state index contributed by atoms with van der Waals surface area (Å²) < 4.78 is 1.38. The van der Waals surface area contributed by atoms with Gasteiger partial charge in [-0.25, -0.2) is 4.98 Å². The molecule has 0 atom stereocenters. The Balaban J connectivity index is 3.02. The molecule has 0 saturated heterocycles. The van der Waals surface area contributed by atoms with Crippen molar-refractivity contribution >= 4 is 17.4 Å². The molecule has 2 aromatic heterocycles. The van der Waals surface area contributed by atoms with Crippen LogP contribution in [0.5, 0.6) is 0 Å². The third-order valence-corrected chi connectivity index (χ3v) is 1.56. The van der Waals surface area contributed by atoms with E-state index in [1.807, 2.05) is 0 Å². The van der Waals surface area contributed by atoms with Crippen molar-refractivity contribution in [3.63, 3.8) is 0 Å². The minimum absolute atomic E-state index is 0.179. The number of nitrogens with one attached hydrogen (secondary N) is 1. The highest BCUT2D eigenvalue weighted by molar-refractivity contribution is 6.29. The van der Waals surface area contributed by atoms with Gasteiger partial charge in [-0.15, -0.1) is 0 Å². The molecule has 2 heterocycles. The van der Waals surface area contributed by atoms with Gasteiger partial charge in [-0.1, -0.05) is 11.6 Å². The Kier molecular flexibility index (Phi) is 1.22. The normalized spacial score (nSPS) is 10.6. The lowest BCUT2D eigenvalue weighted by molar-refractivity contribution is 1.05. The molecule has 0 spiro atoms. The van der Waals surface area contributed by atoms with Gasteiger partial charge in [0.05, 0.1) is 0 Å². The molecule has 0 bridgehead atoms. The second-order valence-corrected chi connectivity index (χ2v) is 2.48. The van der Waals surface area contributed by atoms with Crippen LogP contribution in [0.25, 0.3) is 5.78 Å². The predicted octanol–water partition coefficient (Wildman–Crippen LogP) is 0.676. The van der Waals surface area contributed by atoms with E-state index >= 15 is 0 Å². The number of hydrogen-bond donors (Lipinski definition) is 1. The Morgan fingerprint density at radius 3 is 3.27 bits per heavy atom. The van der Waals surface area contributed by atoms with Gasteiger partial charge in [-0.3, -0.25) is 9.20 Å². The van der Waals surface area contributed by atoms with Crippen molar-refractivity contribution in [3.05, 3.63) is 34.0 Å². The van der Waals surface area contributed by atoms with Crippen molar-refractivity contribution in [1.82, 2.24) is 14.4 Å². The molecule has 2 rings (SSSR count). The lowest BCUT2D eigenvalue weighted by Gasteiger charge is -1.91. The summed E-state index contributed by atoms with van der Waals surface area (Å²) in [6.07, 6.45) is 3.11. The average molecular weight is 170 g/mol. The van der Waals surface area contributed by atoms with Crippen LogP contribution >= 0.6 is 11.6 Å². The van der Waals surface area contributed by atoms with Crippen molar-refractivity contribution in [2.24, 2.45) is 0 Å². The molecule has 56 valence electrons. The third kappa shape index (κ3) is 0.914. The summed E-state index contributed by atoms with van der Waals surface area (Å²) in [5, 5.41) is 0.300. The van der Waals surface area contributed by atoms with E-state index in [9.17, 15) is 4.79 Å². The summed E-state index contributed by atoms with van der Waals surface area (Å²) >= 11 is 5.57. The number of fused-ring (bicyclic) bond motifs is 1. The lowest BCUT2D eigenvalue weighted by Crippen LogP contribution is -2.10. The maximum absolute atomic E-state index is 11.1. The van der Waals surface area contributed by atoms with Crippen LogP contribution in [0.2, 0.25) is 5.15 Å². The topological polar surface area (TPSA) is 50.2 Å². The highest BCUT2D eigenvalue weighted by Crippen LogP contribution is 2.00. The Bertz CT molecular complexity index is 444. The van der Waals surface area contributed by atoms with Crippen LogP contribution < -0.4 is 5.56 Å². The van der Waals surface area contributed by atoms with E-state index in [1.165, 1.54) is 16.7 Å². The molecular formula is C6H4ClN3O. The number of H-pyrrole nitrogens is 1. The SMILES string of the molecule is O=c1cc(Cl)[nH]c2nccn12. The maximum atomic E-state index is 11.1. The summed E-state index contributed by atoms with van der Waals surface area (Å²) in [4.78, 5) is 17.7. The van der Waals surface area contributed by atoms with Crippen molar-refractivity contribution < 1.29 is 0 Å². The Hall–Kier alpha value is -1.29. The van der Waals surface area contributed by atoms with Crippen molar-refractivity contribution in [1.29, 1.82) is 0 Å². The molecule has 0 saturated carbocycles. The van der Waals surface area contributed by atoms with E-state index < -0.39 is 0 Å². The van der Waals surface area contributed by atoms with Gasteiger partial charge in [-0.2, -0.15) is 0 Å². The van der Waals surface area contributed by atoms with E-state index in [0.29, 0.717) is 10.9 Å². The van der Waals surface area contributed by atoms with Gasteiger partial charge in [0, 0.05) is 18.5 Å². The first-order chi connectivity index (χ1) is 5.27. The summed E-state index contributed by atoms with van der Waals surface area (Å²) in [6, 6.07) is 1.30. The van der Waals surface area contributed by atoms with Crippen LogP contribution in [0, 0.1) is 0 Å². The van der Waals surface area contributed by atoms with Crippen LogP contribution in [-0.2, 0) is 0 Å². The fourth-order valence-corrected chi connectivity index (χ4v) is 1.07. The number of halogens is 1. The molecule has 0 aliphatic heterocycles. The van der Waals surface area contributed by atoms with Crippen LogP contribution in [0.3, 0.4) is 0 Å². The van der Waals surface area contributed by atoms with Crippen LogP contribution in [0.15, 0.2) is 23.3 Å². The van der Waals surface area contributed by atoms with Crippen molar-refractivity contribution in [3.8, 4) is 0 Å². The first-order valence-corrected chi connectivity index (χ1v) is 3.37. The van der Waals surface area contributed by atoms with E-state index in [4.69, 9.17) is 11.6 Å². The summed E-state index contributed by atoms with van der Waals surface area (Å²) in [5.74, 6) is 0.461. The number of hydrogen-bond acceptors (Lipinski definition) is 2. The molecule has 0 amide bonds. The zero-order valence-electron chi connectivity index (χ0n) is 5.41. The highest BCUT2D eigenvalue weighted by atomic mass is 35.5. The molecular weight excluding hydrogens is 166 g/mol. The Morgan fingerprint density at radius 2 is 2.45 bits per heavy atom. The van der Waals surface area contributed by atoms with Crippen LogP contribution in [0.4, 0.5) is 0 Å². The van der Waals surface area contributed by atoms with E-state index in [-0.39, 0.29) is 5.56 Å². The quantitative estimate of drug-likeness (QED) is 0.590.